The van der Waals surface area contributed by atoms with Crippen molar-refractivity contribution in [3.63, 3.8) is 0 Å². The molecule has 0 saturated heterocycles. The maximum atomic E-state index is 15.0. The summed E-state index contributed by atoms with van der Waals surface area (Å²) in [5.41, 5.74) is -5.51. The summed E-state index contributed by atoms with van der Waals surface area (Å²) in [7, 11) is -4.91. The Balaban J connectivity index is 3.28. The molecule has 0 aliphatic carbocycles. The summed E-state index contributed by atoms with van der Waals surface area (Å²) in [6, 6.07) is 4.56. The van der Waals surface area contributed by atoms with Crippen molar-refractivity contribution >= 4 is 25.1 Å². The maximum Gasteiger partial charge on any atom is 0.386 e. The van der Waals surface area contributed by atoms with E-state index in [9.17, 15) is 9.36 Å². The summed E-state index contributed by atoms with van der Waals surface area (Å²) in [4.78, 5) is 12.0. The molecule has 5 nitrogen and oxygen atoms in total. The molecule has 0 aliphatic rings. The van der Waals surface area contributed by atoms with Gasteiger partial charge in [-0.3, -0.25) is 9.36 Å². The van der Waals surface area contributed by atoms with Crippen molar-refractivity contribution in [3.8, 4) is 5.75 Å². The molecule has 1 rings (SSSR count). The highest BCUT2D eigenvalue weighted by molar-refractivity contribution is 7.58. The molecule has 0 aromatic heterocycles. The fourth-order valence-corrected chi connectivity index (χ4v) is 4.40. The summed E-state index contributed by atoms with van der Waals surface area (Å²) in [5, 5.41) is 2.20. The lowest BCUT2D eigenvalue weighted by atomic mass is 9.97. The first-order chi connectivity index (χ1) is 11.7. The van der Waals surface area contributed by atoms with Crippen molar-refractivity contribution in [1.29, 1.82) is 0 Å². The van der Waals surface area contributed by atoms with Gasteiger partial charge in [-0.15, -0.1) is 0 Å². The van der Waals surface area contributed by atoms with Gasteiger partial charge in [-0.05, 0) is 32.9 Å². The standard InChI is InChI=1S/C17H25ClF2NO4P/c1-11(2)24-15(22)12(3)21-26(23,17(19,20)16(4,5)6)25-14-10-8-7-9-13(14)18/h7-12H,1-6H3,(H,21,23)/t12-,26?/m0/s1. The number of hydrogen-bond donors (Lipinski definition) is 1. The van der Waals surface area contributed by atoms with Crippen LogP contribution >= 0.6 is 19.1 Å². The van der Waals surface area contributed by atoms with Crippen LogP contribution in [0.5, 0.6) is 5.75 Å². The highest BCUT2D eigenvalue weighted by Gasteiger charge is 2.61. The van der Waals surface area contributed by atoms with Crippen LogP contribution in [0.3, 0.4) is 0 Å². The fourth-order valence-electron chi connectivity index (χ4n) is 1.91. The highest BCUT2D eigenvalue weighted by atomic mass is 35.5. The average molecular weight is 412 g/mol. The van der Waals surface area contributed by atoms with Gasteiger partial charge in [0.2, 0.25) is 0 Å². The van der Waals surface area contributed by atoms with E-state index in [2.05, 4.69) is 5.09 Å². The lowest BCUT2D eigenvalue weighted by Crippen LogP contribution is -2.45. The summed E-state index contributed by atoms with van der Waals surface area (Å²) in [6.45, 7) is 8.21. The molecule has 26 heavy (non-hydrogen) atoms. The number of rotatable bonds is 7. The van der Waals surface area contributed by atoms with Crippen molar-refractivity contribution in [3.05, 3.63) is 29.3 Å². The quantitative estimate of drug-likeness (QED) is 0.475. The minimum atomic E-state index is -4.91. The third-order valence-corrected chi connectivity index (χ3v) is 6.31. The van der Waals surface area contributed by atoms with Gasteiger partial charge in [-0.1, -0.05) is 44.5 Å². The molecule has 148 valence electrons. The third-order valence-electron chi connectivity index (χ3n) is 3.40. The summed E-state index contributed by atoms with van der Waals surface area (Å²) in [5.74, 6) is -0.981. The van der Waals surface area contributed by atoms with Crippen LogP contribution in [0, 0.1) is 5.41 Å². The van der Waals surface area contributed by atoms with Crippen molar-refractivity contribution in [1.82, 2.24) is 5.09 Å². The van der Waals surface area contributed by atoms with E-state index in [1.54, 1.807) is 19.9 Å². The second-order valence-corrected chi connectivity index (χ2v) is 9.71. The number of carbonyl (C=O) groups is 1. The Labute approximate surface area is 157 Å². The zero-order valence-electron chi connectivity index (χ0n) is 15.7. The number of carbonyl (C=O) groups excluding carboxylic acids is 1. The van der Waals surface area contributed by atoms with Crippen molar-refractivity contribution < 1.29 is 27.4 Å². The summed E-state index contributed by atoms with van der Waals surface area (Å²) >= 11 is 5.95. The molecule has 0 heterocycles. The number of nitrogens with one attached hydrogen (secondary N) is 1. The fraction of sp³-hybridized carbons (Fsp3) is 0.588. The van der Waals surface area contributed by atoms with Crippen LogP contribution in [0.4, 0.5) is 8.78 Å². The van der Waals surface area contributed by atoms with Gasteiger partial charge in [0.25, 0.3) is 0 Å². The van der Waals surface area contributed by atoms with E-state index in [1.807, 2.05) is 0 Å². The number of ether oxygens (including phenoxy) is 1. The smallest absolute Gasteiger partial charge is 0.386 e. The van der Waals surface area contributed by atoms with Gasteiger partial charge in [0.05, 0.1) is 11.1 Å². The highest BCUT2D eigenvalue weighted by Crippen LogP contribution is 2.64. The number of alkyl halides is 2. The van der Waals surface area contributed by atoms with Crippen LogP contribution in [0.1, 0.15) is 41.5 Å². The zero-order valence-corrected chi connectivity index (χ0v) is 17.3. The van der Waals surface area contributed by atoms with Gasteiger partial charge in [-0.25, -0.2) is 5.09 Å². The molecule has 1 unspecified atom stereocenters. The van der Waals surface area contributed by atoms with Crippen molar-refractivity contribution in [2.75, 3.05) is 0 Å². The van der Waals surface area contributed by atoms with E-state index in [0.29, 0.717) is 0 Å². The minimum Gasteiger partial charge on any atom is -0.462 e. The van der Waals surface area contributed by atoms with Crippen molar-refractivity contribution in [2.24, 2.45) is 5.41 Å². The van der Waals surface area contributed by atoms with Crippen LogP contribution in [0.2, 0.25) is 5.02 Å². The van der Waals surface area contributed by atoms with Crippen LogP contribution in [-0.4, -0.2) is 23.8 Å². The SMILES string of the molecule is CC(C)OC(=O)[C@H](C)NP(=O)(Oc1ccccc1Cl)C(F)(F)C(C)(C)C. The van der Waals surface area contributed by atoms with E-state index in [-0.39, 0.29) is 10.8 Å². The second kappa shape index (κ2) is 8.24. The lowest BCUT2D eigenvalue weighted by molar-refractivity contribution is -0.149. The van der Waals surface area contributed by atoms with E-state index < -0.39 is 36.7 Å². The molecule has 1 aromatic rings. The molecule has 0 bridgehead atoms. The molecule has 9 heteroatoms. The minimum absolute atomic E-state index is 0.0247. The van der Waals surface area contributed by atoms with E-state index >= 15 is 8.78 Å². The van der Waals surface area contributed by atoms with E-state index in [4.69, 9.17) is 20.9 Å². The maximum absolute atomic E-state index is 15.0. The van der Waals surface area contributed by atoms with Crippen LogP contribution in [0.15, 0.2) is 24.3 Å². The molecule has 0 amide bonds. The van der Waals surface area contributed by atoms with E-state index in [1.165, 1.54) is 45.9 Å². The molecule has 0 spiro atoms. The van der Waals surface area contributed by atoms with Crippen LogP contribution in [0.25, 0.3) is 0 Å². The molecular formula is C17H25ClF2NO4P. The Morgan fingerprint density at radius 3 is 2.19 bits per heavy atom. The van der Waals surface area contributed by atoms with Crippen LogP contribution < -0.4 is 9.61 Å². The molecule has 1 N–H and O–H groups in total. The summed E-state index contributed by atoms with van der Waals surface area (Å²) < 4.78 is 53.5. The first-order valence-corrected chi connectivity index (χ1v) is 10.1. The van der Waals surface area contributed by atoms with Gasteiger partial charge in [0.15, 0.2) is 0 Å². The number of benzene rings is 1. The molecule has 0 aliphatic heterocycles. The lowest BCUT2D eigenvalue weighted by Gasteiger charge is -2.37. The predicted molar refractivity (Wildman–Crippen MR) is 97.9 cm³/mol. The molecule has 0 saturated carbocycles. The molecule has 2 atom stereocenters. The number of halogens is 3. The Kier molecular flexibility index (Phi) is 7.25. The average Bonchev–Trinajstić information content (AvgIpc) is 2.47. The Morgan fingerprint density at radius 1 is 1.19 bits per heavy atom. The zero-order chi connectivity index (χ0) is 20.3. The van der Waals surface area contributed by atoms with Crippen molar-refractivity contribution in [2.45, 2.75) is 59.4 Å². The first-order valence-electron chi connectivity index (χ1n) is 8.11. The first kappa shape index (κ1) is 22.9. The molecule has 0 radical (unpaired) electrons. The molecule has 0 fully saturated rings. The van der Waals surface area contributed by atoms with Gasteiger partial charge in [-0.2, -0.15) is 8.78 Å². The summed E-state index contributed by atoms with van der Waals surface area (Å²) in [6.07, 6.45) is -0.446. The molecule has 1 aromatic carbocycles. The predicted octanol–water partition coefficient (Wildman–Crippen LogP) is 5.48. The number of hydrogen-bond acceptors (Lipinski definition) is 4. The third kappa shape index (κ3) is 5.18. The van der Waals surface area contributed by atoms with Gasteiger partial charge < -0.3 is 9.26 Å². The largest absolute Gasteiger partial charge is 0.462 e. The number of para-hydroxylation sites is 1. The topological polar surface area (TPSA) is 64.6 Å². The Bertz CT molecular complexity index is 692. The Hall–Kier alpha value is -1.17. The molecular weight excluding hydrogens is 387 g/mol. The Morgan fingerprint density at radius 2 is 1.73 bits per heavy atom. The van der Waals surface area contributed by atoms with E-state index in [0.717, 1.165) is 0 Å². The van der Waals surface area contributed by atoms with Gasteiger partial charge >= 0.3 is 19.2 Å². The normalized spacial score (nSPS) is 16.1. The van der Waals surface area contributed by atoms with Crippen LogP contribution in [-0.2, 0) is 14.1 Å². The second-order valence-electron chi connectivity index (χ2n) is 7.20. The van der Waals surface area contributed by atoms with Gasteiger partial charge in [0, 0.05) is 5.41 Å². The van der Waals surface area contributed by atoms with Gasteiger partial charge in [0.1, 0.15) is 11.8 Å². The number of esters is 1. The monoisotopic (exact) mass is 411 g/mol.